The molecule has 148 valence electrons. The van der Waals surface area contributed by atoms with Gasteiger partial charge in [-0.25, -0.2) is 4.68 Å². The molecule has 0 aromatic carbocycles. The zero-order valence-corrected chi connectivity index (χ0v) is 16.7. The molecule has 1 saturated carbocycles. The lowest BCUT2D eigenvalue weighted by Crippen LogP contribution is -3.29. The number of quaternary nitrogens is 2. The van der Waals surface area contributed by atoms with Crippen molar-refractivity contribution >= 4 is 0 Å². The van der Waals surface area contributed by atoms with Crippen LogP contribution in [0.25, 0.3) is 0 Å². The first kappa shape index (κ1) is 18.6. The molecule has 0 unspecified atom stereocenters. The molecule has 0 amide bonds. The van der Waals surface area contributed by atoms with E-state index in [-0.39, 0.29) is 0 Å². The van der Waals surface area contributed by atoms with Crippen LogP contribution < -0.4 is 9.80 Å². The van der Waals surface area contributed by atoms with Crippen molar-refractivity contribution in [2.24, 2.45) is 5.92 Å². The molecule has 0 spiro atoms. The third-order valence-electron chi connectivity index (χ3n) is 6.42. The molecule has 3 heterocycles. The van der Waals surface area contributed by atoms with Crippen molar-refractivity contribution in [3.05, 3.63) is 30.0 Å². The highest BCUT2D eigenvalue weighted by Crippen LogP contribution is 2.18. The molecular weight excluding hydrogens is 340 g/mol. The zero-order chi connectivity index (χ0) is 18.6. The molecule has 2 N–H and O–H groups in total. The van der Waals surface area contributed by atoms with E-state index in [1.807, 2.05) is 21.7 Å². The summed E-state index contributed by atoms with van der Waals surface area (Å²) in [6.45, 7) is 10.2. The molecule has 0 radical (unpaired) electrons. The molecule has 2 aromatic rings. The second-order valence-electron chi connectivity index (χ2n) is 8.75. The maximum Gasteiger partial charge on any atom is 0.209 e. The van der Waals surface area contributed by atoms with Gasteiger partial charge in [-0.1, -0.05) is 13.8 Å². The van der Waals surface area contributed by atoms with Crippen molar-refractivity contribution in [2.45, 2.75) is 64.6 Å². The van der Waals surface area contributed by atoms with E-state index in [9.17, 15) is 0 Å². The Morgan fingerprint density at radius 3 is 2.63 bits per heavy atom. The van der Waals surface area contributed by atoms with Gasteiger partial charge in [0, 0.05) is 6.42 Å². The fraction of sp³-hybridized carbons (Fsp3) is 0.750. The minimum absolute atomic E-state index is 0.361. The average molecular weight is 375 g/mol. The van der Waals surface area contributed by atoms with Crippen molar-refractivity contribution in [1.82, 2.24) is 20.2 Å². The first-order chi connectivity index (χ1) is 13.2. The van der Waals surface area contributed by atoms with Crippen LogP contribution >= 0.6 is 0 Å². The van der Waals surface area contributed by atoms with E-state index in [0.29, 0.717) is 18.5 Å². The molecule has 7 nitrogen and oxygen atoms in total. The van der Waals surface area contributed by atoms with Gasteiger partial charge in [0.25, 0.3) is 0 Å². The second-order valence-corrected chi connectivity index (χ2v) is 8.75. The minimum Gasteiger partial charge on any atom is -0.467 e. The fourth-order valence-electron chi connectivity index (χ4n) is 5.03. The summed E-state index contributed by atoms with van der Waals surface area (Å²) in [5, 5.41) is 12.7. The predicted octanol–water partition coefficient (Wildman–Crippen LogP) is 0.128. The minimum atomic E-state index is 0.361. The Labute approximate surface area is 161 Å². The average Bonchev–Trinajstić information content (AvgIpc) is 3.43. The molecule has 0 bridgehead atoms. The highest BCUT2D eigenvalue weighted by molar-refractivity contribution is 5.00. The van der Waals surface area contributed by atoms with E-state index in [0.717, 1.165) is 24.0 Å². The molecule has 7 heteroatoms. The lowest BCUT2D eigenvalue weighted by atomic mass is 10.0. The predicted molar refractivity (Wildman–Crippen MR) is 101 cm³/mol. The zero-order valence-electron chi connectivity index (χ0n) is 16.7. The lowest BCUT2D eigenvalue weighted by molar-refractivity contribution is -1.04. The topological polar surface area (TPSA) is 65.6 Å². The van der Waals surface area contributed by atoms with Crippen LogP contribution in [0.3, 0.4) is 0 Å². The van der Waals surface area contributed by atoms with Crippen LogP contribution in [0.5, 0.6) is 0 Å². The van der Waals surface area contributed by atoms with E-state index in [2.05, 4.69) is 29.4 Å². The molecule has 1 aliphatic carbocycles. The smallest absolute Gasteiger partial charge is 0.209 e. The monoisotopic (exact) mass is 374 g/mol. The number of furan rings is 1. The van der Waals surface area contributed by atoms with Crippen molar-refractivity contribution in [1.29, 1.82) is 0 Å². The quantitative estimate of drug-likeness (QED) is 0.723. The summed E-state index contributed by atoms with van der Waals surface area (Å²) in [7, 11) is 0. The third kappa shape index (κ3) is 4.41. The van der Waals surface area contributed by atoms with Crippen LogP contribution in [0.2, 0.25) is 0 Å². The molecule has 1 atom stereocenters. The van der Waals surface area contributed by atoms with Gasteiger partial charge in [0.15, 0.2) is 6.04 Å². The summed E-state index contributed by atoms with van der Waals surface area (Å²) < 4.78 is 7.45. The van der Waals surface area contributed by atoms with E-state index < -0.39 is 0 Å². The number of rotatable bonds is 7. The van der Waals surface area contributed by atoms with Gasteiger partial charge >= 0.3 is 0 Å². The summed E-state index contributed by atoms with van der Waals surface area (Å²) in [6, 6.07) is 5.18. The summed E-state index contributed by atoms with van der Waals surface area (Å²) in [6.07, 6.45) is 8.56. The Hall–Kier alpha value is -1.73. The van der Waals surface area contributed by atoms with Crippen LogP contribution in [0.15, 0.2) is 22.8 Å². The molecular formula is C20H34N6O+2. The number of aromatic nitrogens is 4. The van der Waals surface area contributed by atoms with Crippen LogP contribution in [-0.4, -0.2) is 52.4 Å². The summed E-state index contributed by atoms with van der Waals surface area (Å²) in [4.78, 5) is 3.50. The number of nitrogens with zero attached hydrogens (tertiary/aromatic N) is 4. The van der Waals surface area contributed by atoms with Gasteiger partial charge in [-0.2, -0.15) is 0 Å². The van der Waals surface area contributed by atoms with Gasteiger partial charge in [0.05, 0.1) is 12.3 Å². The van der Waals surface area contributed by atoms with Crippen LogP contribution in [-0.2, 0) is 6.54 Å². The fourth-order valence-corrected chi connectivity index (χ4v) is 5.03. The number of nitrogens with one attached hydrogen (secondary N) is 2. The molecule has 4 rings (SSSR count). The Morgan fingerprint density at radius 2 is 1.96 bits per heavy atom. The van der Waals surface area contributed by atoms with Crippen molar-refractivity contribution in [3.63, 3.8) is 0 Å². The molecule has 27 heavy (non-hydrogen) atoms. The molecule has 2 fully saturated rings. The highest BCUT2D eigenvalue weighted by atomic mass is 16.3. The molecule has 1 aliphatic heterocycles. The summed E-state index contributed by atoms with van der Waals surface area (Å²) >= 11 is 0. The highest BCUT2D eigenvalue weighted by Gasteiger charge is 2.37. The van der Waals surface area contributed by atoms with Gasteiger partial charge in [-0.05, 0) is 54.2 Å². The van der Waals surface area contributed by atoms with Gasteiger partial charge in [0.1, 0.15) is 38.5 Å². The van der Waals surface area contributed by atoms with Crippen LogP contribution in [0, 0.1) is 5.92 Å². The van der Waals surface area contributed by atoms with E-state index in [1.54, 1.807) is 11.2 Å². The molecule has 2 aromatic heterocycles. The summed E-state index contributed by atoms with van der Waals surface area (Å²) in [5.74, 6) is 2.54. The number of hydrogen-bond acceptors (Lipinski definition) is 4. The van der Waals surface area contributed by atoms with E-state index >= 15 is 0 Å². The first-order valence-electron chi connectivity index (χ1n) is 10.7. The normalized spacial score (nSPS) is 25.3. The van der Waals surface area contributed by atoms with Gasteiger partial charge in [-0.3, -0.25) is 0 Å². The largest absolute Gasteiger partial charge is 0.467 e. The van der Waals surface area contributed by atoms with Gasteiger partial charge in [-0.15, -0.1) is 5.10 Å². The Bertz CT molecular complexity index is 683. The van der Waals surface area contributed by atoms with Crippen molar-refractivity contribution in [3.8, 4) is 0 Å². The van der Waals surface area contributed by atoms with E-state index in [4.69, 9.17) is 4.42 Å². The Kier molecular flexibility index (Phi) is 5.88. The lowest BCUT2D eigenvalue weighted by Gasteiger charge is -2.36. The van der Waals surface area contributed by atoms with Crippen LogP contribution in [0.1, 0.15) is 63.6 Å². The van der Waals surface area contributed by atoms with Crippen molar-refractivity contribution < 1.29 is 14.2 Å². The summed E-state index contributed by atoms with van der Waals surface area (Å²) in [5.41, 5.74) is 0. The second kappa shape index (κ2) is 8.52. The van der Waals surface area contributed by atoms with Gasteiger partial charge < -0.3 is 14.2 Å². The van der Waals surface area contributed by atoms with Crippen LogP contribution in [0.4, 0.5) is 0 Å². The number of piperazine rings is 1. The van der Waals surface area contributed by atoms with E-state index in [1.165, 1.54) is 51.9 Å². The first-order valence-corrected chi connectivity index (χ1v) is 10.7. The Morgan fingerprint density at radius 1 is 1.19 bits per heavy atom. The Balaban J connectivity index is 1.46. The third-order valence-corrected chi connectivity index (χ3v) is 6.42. The van der Waals surface area contributed by atoms with Crippen molar-refractivity contribution in [2.75, 3.05) is 26.2 Å². The van der Waals surface area contributed by atoms with Gasteiger partial charge in [0.2, 0.25) is 5.82 Å². The maximum atomic E-state index is 5.51. The number of tetrazole rings is 1. The molecule has 1 saturated heterocycles. The maximum absolute atomic E-state index is 5.51. The molecule has 2 aliphatic rings. The number of hydrogen-bond donors (Lipinski definition) is 2. The standard InChI is InChI=1S/C20H32N6O/c1-16(2)14-19(20-21-22-23-26(20)15-18-8-5-13-27-18)25-11-9-24(10-12-25)17-6-3-4-7-17/h5,8,13,16-17,19H,3-4,6-7,9-12,14-15H2,1-2H3/p+2/t19-/m1/s1. The SMILES string of the molecule is CC(C)C[C@H](c1nnnn1Cc1ccco1)[NH+]1CC[NH+](C2CCCC2)CC1.